The number of unbranched alkanes of at least 4 members (excludes halogenated alkanes) is 3. The number of carboxylic acid groups (broad SMARTS) is 1. The van der Waals surface area contributed by atoms with Gasteiger partial charge in [-0.2, -0.15) is 0 Å². The predicted octanol–water partition coefficient (Wildman–Crippen LogP) is 2.28. The van der Waals surface area contributed by atoms with Crippen LogP contribution in [0.15, 0.2) is 17.5 Å². The SMILES string of the molecule is N[C@@H](COCCCCCCc1cccs1)C(=O)O. The normalized spacial score (nSPS) is 12.5. The van der Waals surface area contributed by atoms with Crippen molar-refractivity contribution in [2.24, 2.45) is 5.73 Å². The number of nitrogens with two attached hydrogens (primary N) is 1. The van der Waals surface area contributed by atoms with Gasteiger partial charge in [0.1, 0.15) is 6.04 Å². The van der Waals surface area contributed by atoms with Gasteiger partial charge >= 0.3 is 5.97 Å². The zero-order valence-corrected chi connectivity index (χ0v) is 11.3. The molecule has 0 aliphatic heterocycles. The molecule has 0 spiro atoms. The first-order chi connectivity index (χ1) is 8.70. The minimum absolute atomic E-state index is 0.102. The van der Waals surface area contributed by atoms with Crippen LogP contribution in [-0.2, 0) is 16.0 Å². The van der Waals surface area contributed by atoms with Crippen molar-refractivity contribution in [1.29, 1.82) is 0 Å². The molecule has 1 rings (SSSR count). The first-order valence-corrected chi connectivity index (χ1v) is 7.16. The smallest absolute Gasteiger partial charge is 0.322 e. The molecule has 0 fully saturated rings. The van der Waals surface area contributed by atoms with Crippen LogP contribution in [-0.4, -0.2) is 30.3 Å². The number of rotatable bonds is 10. The molecule has 0 bridgehead atoms. The maximum absolute atomic E-state index is 10.4. The molecular formula is C13H21NO3S. The maximum atomic E-state index is 10.4. The van der Waals surface area contributed by atoms with Crippen LogP contribution in [0, 0.1) is 0 Å². The molecule has 1 heterocycles. The van der Waals surface area contributed by atoms with E-state index >= 15 is 0 Å². The summed E-state index contributed by atoms with van der Waals surface area (Å²) in [5.74, 6) is -1.01. The van der Waals surface area contributed by atoms with Crippen molar-refractivity contribution in [3.63, 3.8) is 0 Å². The molecule has 18 heavy (non-hydrogen) atoms. The van der Waals surface area contributed by atoms with E-state index in [1.165, 1.54) is 17.7 Å². The second-order valence-corrected chi connectivity index (χ2v) is 5.30. The molecule has 0 aliphatic carbocycles. The van der Waals surface area contributed by atoms with Gasteiger partial charge < -0.3 is 15.6 Å². The average Bonchev–Trinajstić information content (AvgIpc) is 2.85. The van der Waals surface area contributed by atoms with E-state index in [2.05, 4.69) is 17.5 Å². The van der Waals surface area contributed by atoms with Gasteiger partial charge in [-0.15, -0.1) is 11.3 Å². The van der Waals surface area contributed by atoms with Gasteiger partial charge in [0.05, 0.1) is 6.61 Å². The molecule has 102 valence electrons. The van der Waals surface area contributed by atoms with E-state index in [1.54, 1.807) is 11.3 Å². The first kappa shape index (κ1) is 15.1. The summed E-state index contributed by atoms with van der Waals surface area (Å²) in [6.07, 6.45) is 5.63. The molecule has 3 N–H and O–H groups in total. The van der Waals surface area contributed by atoms with E-state index in [9.17, 15) is 4.79 Å². The minimum Gasteiger partial charge on any atom is -0.480 e. The highest BCUT2D eigenvalue weighted by atomic mass is 32.1. The molecule has 1 atom stereocenters. The third-order valence-electron chi connectivity index (χ3n) is 2.66. The summed E-state index contributed by atoms with van der Waals surface area (Å²) in [6.45, 7) is 0.699. The van der Waals surface area contributed by atoms with E-state index in [0.29, 0.717) is 6.61 Å². The number of hydrogen-bond acceptors (Lipinski definition) is 4. The number of ether oxygens (including phenoxy) is 1. The van der Waals surface area contributed by atoms with Gasteiger partial charge in [-0.05, 0) is 30.7 Å². The molecule has 0 radical (unpaired) electrons. The number of hydrogen-bond donors (Lipinski definition) is 2. The highest BCUT2D eigenvalue weighted by molar-refractivity contribution is 7.09. The summed E-state index contributed by atoms with van der Waals surface area (Å²) in [6, 6.07) is 3.35. The van der Waals surface area contributed by atoms with E-state index in [1.807, 2.05) is 0 Å². The molecule has 0 aromatic carbocycles. The molecule has 5 heteroatoms. The monoisotopic (exact) mass is 271 g/mol. The number of aryl methyl sites for hydroxylation is 1. The molecule has 1 aromatic rings. The second-order valence-electron chi connectivity index (χ2n) is 4.26. The largest absolute Gasteiger partial charge is 0.480 e. The number of carbonyl (C=O) groups is 1. The molecule has 0 unspecified atom stereocenters. The number of thiophene rings is 1. The Morgan fingerprint density at radius 2 is 2.17 bits per heavy atom. The summed E-state index contributed by atoms with van der Waals surface area (Å²) in [7, 11) is 0. The summed E-state index contributed by atoms with van der Waals surface area (Å²) >= 11 is 1.81. The first-order valence-electron chi connectivity index (χ1n) is 6.28. The molecular weight excluding hydrogens is 250 g/mol. The van der Waals surface area contributed by atoms with E-state index in [0.717, 1.165) is 19.3 Å². The van der Waals surface area contributed by atoms with Crippen LogP contribution >= 0.6 is 11.3 Å². The van der Waals surface area contributed by atoms with Gasteiger partial charge in [-0.1, -0.05) is 18.9 Å². The van der Waals surface area contributed by atoms with Crippen molar-refractivity contribution in [3.8, 4) is 0 Å². The van der Waals surface area contributed by atoms with Gasteiger partial charge in [0.25, 0.3) is 0 Å². The van der Waals surface area contributed by atoms with Gasteiger partial charge in [0.2, 0.25) is 0 Å². The lowest BCUT2D eigenvalue weighted by Crippen LogP contribution is -2.34. The minimum atomic E-state index is -1.01. The number of aliphatic carboxylic acids is 1. The lowest BCUT2D eigenvalue weighted by molar-refractivity contribution is -0.140. The van der Waals surface area contributed by atoms with Gasteiger partial charge in [-0.25, -0.2) is 0 Å². The van der Waals surface area contributed by atoms with Crippen molar-refractivity contribution >= 4 is 17.3 Å². The van der Waals surface area contributed by atoms with Crippen molar-refractivity contribution in [2.45, 2.75) is 38.1 Å². The molecule has 4 nitrogen and oxygen atoms in total. The van der Waals surface area contributed by atoms with Crippen LogP contribution < -0.4 is 5.73 Å². The fraction of sp³-hybridized carbons (Fsp3) is 0.615. The third kappa shape index (κ3) is 6.74. The fourth-order valence-electron chi connectivity index (χ4n) is 1.59. The van der Waals surface area contributed by atoms with Crippen LogP contribution in [0.1, 0.15) is 30.6 Å². The standard InChI is InChI=1S/C13H21NO3S/c14-12(13(15)16)10-17-8-4-2-1-3-6-11-7-5-9-18-11/h5,7,9,12H,1-4,6,8,10,14H2,(H,15,16)/t12-/m0/s1. The molecule has 1 aromatic heterocycles. The van der Waals surface area contributed by atoms with E-state index in [4.69, 9.17) is 15.6 Å². The van der Waals surface area contributed by atoms with E-state index < -0.39 is 12.0 Å². The Bertz CT molecular complexity index is 327. The number of carboxylic acids is 1. The highest BCUT2D eigenvalue weighted by Crippen LogP contribution is 2.13. The van der Waals surface area contributed by atoms with Crippen molar-refractivity contribution in [3.05, 3.63) is 22.4 Å². The quantitative estimate of drug-likeness (QED) is 0.640. The van der Waals surface area contributed by atoms with Crippen LogP contribution in [0.4, 0.5) is 0 Å². The average molecular weight is 271 g/mol. The lowest BCUT2D eigenvalue weighted by Gasteiger charge is -2.07. The van der Waals surface area contributed by atoms with Crippen LogP contribution in [0.25, 0.3) is 0 Å². The van der Waals surface area contributed by atoms with Crippen LogP contribution in [0.5, 0.6) is 0 Å². The maximum Gasteiger partial charge on any atom is 0.322 e. The Balaban J connectivity index is 1.85. The van der Waals surface area contributed by atoms with Crippen molar-refractivity contribution in [2.75, 3.05) is 13.2 Å². The Labute approximate surface area is 112 Å². The molecule has 0 saturated carbocycles. The van der Waals surface area contributed by atoms with Gasteiger partial charge in [0, 0.05) is 11.5 Å². The Morgan fingerprint density at radius 1 is 1.39 bits per heavy atom. The Hall–Kier alpha value is -0.910. The Kier molecular flexibility index (Phi) is 7.64. The topological polar surface area (TPSA) is 72.5 Å². The summed E-state index contributed by atoms with van der Waals surface area (Å²) in [5, 5.41) is 10.6. The van der Waals surface area contributed by atoms with E-state index in [-0.39, 0.29) is 6.61 Å². The Morgan fingerprint density at radius 3 is 2.83 bits per heavy atom. The van der Waals surface area contributed by atoms with Crippen LogP contribution in [0.2, 0.25) is 0 Å². The molecule has 0 aliphatic rings. The van der Waals surface area contributed by atoms with Gasteiger partial charge in [0.15, 0.2) is 0 Å². The highest BCUT2D eigenvalue weighted by Gasteiger charge is 2.10. The van der Waals surface area contributed by atoms with Crippen LogP contribution in [0.3, 0.4) is 0 Å². The second kappa shape index (κ2) is 9.08. The summed E-state index contributed by atoms with van der Waals surface area (Å²) in [4.78, 5) is 11.9. The summed E-state index contributed by atoms with van der Waals surface area (Å²) in [5.41, 5.74) is 5.31. The molecule has 0 saturated heterocycles. The summed E-state index contributed by atoms with van der Waals surface area (Å²) < 4.78 is 5.21. The fourth-order valence-corrected chi connectivity index (χ4v) is 2.34. The van der Waals surface area contributed by atoms with Gasteiger partial charge in [-0.3, -0.25) is 4.79 Å². The third-order valence-corrected chi connectivity index (χ3v) is 3.59. The lowest BCUT2D eigenvalue weighted by atomic mass is 10.1. The van der Waals surface area contributed by atoms with Crippen molar-refractivity contribution in [1.82, 2.24) is 0 Å². The predicted molar refractivity (Wildman–Crippen MR) is 72.9 cm³/mol. The zero-order chi connectivity index (χ0) is 13.2. The van der Waals surface area contributed by atoms with Crippen molar-refractivity contribution < 1.29 is 14.6 Å². The zero-order valence-electron chi connectivity index (χ0n) is 10.5. The molecule has 0 amide bonds.